The van der Waals surface area contributed by atoms with E-state index in [-0.39, 0.29) is 5.69 Å². The van der Waals surface area contributed by atoms with Crippen LogP contribution in [0.25, 0.3) is 0 Å². The topological polar surface area (TPSA) is 25.2 Å². The van der Waals surface area contributed by atoms with E-state index in [1.54, 1.807) is 12.3 Å². The zero-order valence-electron chi connectivity index (χ0n) is 8.76. The Bertz CT molecular complexity index is 480. The molecule has 2 nitrogen and oxygen atoms in total. The van der Waals surface area contributed by atoms with E-state index in [1.165, 1.54) is 19.3 Å². The zero-order chi connectivity index (χ0) is 11.5. The molecular formula is C12H11F2NO. The van der Waals surface area contributed by atoms with Crippen LogP contribution in [0.2, 0.25) is 0 Å². The van der Waals surface area contributed by atoms with Crippen molar-refractivity contribution in [2.45, 2.75) is 13.5 Å². The van der Waals surface area contributed by atoms with Gasteiger partial charge in [0, 0.05) is 18.2 Å². The summed E-state index contributed by atoms with van der Waals surface area (Å²) in [5.74, 6) is -0.876. The average molecular weight is 223 g/mol. The van der Waals surface area contributed by atoms with Gasteiger partial charge in [-0.25, -0.2) is 8.78 Å². The molecule has 0 atom stereocenters. The summed E-state index contributed by atoms with van der Waals surface area (Å²) < 4.78 is 31.5. The van der Waals surface area contributed by atoms with Gasteiger partial charge < -0.3 is 9.73 Å². The van der Waals surface area contributed by atoms with Crippen molar-refractivity contribution in [3.05, 3.63) is 53.5 Å². The smallest absolute Gasteiger partial charge is 0.146 e. The van der Waals surface area contributed by atoms with Gasteiger partial charge in [0.1, 0.15) is 11.6 Å². The number of hydrogen-bond acceptors (Lipinski definition) is 2. The number of furan rings is 1. The highest BCUT2D eigenvalue weighted by molar-refractivity contribution is 5.47. The largest absolute Gasteiger partial charge is 0.472 e. The predicted molar refractivity (Wildman–Crippen MR) is 57.1 cm³/mol. The van der Waals surface area contributed by atoms with Crippen LogP contribution in [-0.4, -0.2) is 0 Å². The first kappa shape index (κ1) is 10.7. The molecule has 4 heteroatoms. The molecule has 0 bridgehead atoms. The predicted octanol–water partition coefficient (Wildman–Crippen LogP) is 3.48. The van der Waals surface area contributed by atoms with Crippen LogP contribution in [0.1, 0.15) is 11.1 Å². The summed E-state index contributed by atoms with van der Waals surface area (Å²) in [4.78, 5) is 0. The van der Waals surface area contributed by atoms with Crippen molar-refractivity contribution < 1.29 is 13.2 Å². The third kappa shape index (κ3) is 2.21. The fourth-order valence-corrected chi connectivity index (χ4v) is 1.37. The summed E-state index contributed by atoms with van der Waals surface area (Å²) in [6, 6.07) is 4.09. The van der Waals surface area contributed by atoms with E-state index >= 15 is 0 Å². The van der Waals surface area contributed by atoms with Crippen LogP contribution in [-0.2, 0) is 6.54 Å². The van der Waals surface area contributed by atoms with E-state index in [0.29, 0.717) is 12.1 Å². The highest BCUT2D eigenvalue weighted by Crippen LogP contribution is 2.19. The maximum atomic E-state index is 13.4. The van der Waals surface area contributed by atoms with Gasteiger partial charge in [0.25, 0.3) is 0 Å². The van der Waals surface area contributed by atoms with Crippen LogP contribution < -0.4 is 5.32 Å². The van der Waals surface area contributed by atoms with Crippen molar-refractivity contribution in [1.82, 2.24) is 0 Å². The first-order valence-corrected chi connectivity index (χ1v) is 4.87. The Balaban J connectivity index is 2.12. The molecule has 1 heterocycles. The molecular weight excluding hydrogens is 212 g/mol. The summed E-state index contributed by atoms with van der Waals surface area (Å²) in [6.07, 6.45) is 3.08. The third-order valence-corrected chi connectivity index (χ3v) is 2.31. The molecule has 0 aliphatic heterocycles. The highest BCUT2D eigenvalue weighted by atomic mass is 19.1. The normalized spacial score (nSPS) is 10.4. The molecule has 0 amide bonds. The summed E-state index contributed by atoms with van der Waals surface area (Å²) in [6.45, 7) is 1.92. The lowest BCUT2D eigenvalue weighted by Crippen LogP contribution is -2.01. The number of anilines is 1. The fraction of sp³-hybridized carbons (Fsp3) is 0.167. The quantitative estimate of drug-likeness (QED) is 0.861. The van der Waals surface area contributed by atoms with Crippen molar-refractivity contribution >= 4 is 5.69 Å². The molecule has 0 fully saturated rings. The summed E-state index contributed by atoms with van der Waals surface area (Å²) in [7, 11) is 0. The molecule has 1 aromatic carbocycles. The number of rotatable bonds is 3. The minimum Gasteiger partial charge on any atom is -0.472 e. The van der Waals surface area contributed by atoms with Crippen LogP contribution in [0.3, 0.4) is 0 Å². The van der Waals surface area contributed by atoms with Crippen molar-refractivity contribution in [1.29, 1.82) is 0 Å². The van der Waals surface area contributed by atoms with Gasteiger partial charge in [-0.15, -0.1) is 0 Å². The number of aryl methyl sites for hydroxylation is 1. The lowest BCUT2D eigenvalue weighted by Gasteiger charge is -2.07. The van der Waals surface area contributed by atoms with E-state index in [4.69, 9.17) is 4.42 Å². The molecule has 0 saturated carbocycles. The summed E-state index contributed by atoms with van der Waals surface area (Å²) >= 11 is 0. The molecule has 1 N–H and O–H groups in total. The van der Waals surface area contributed by atoms with Crippen molar-refractivity contribution in [2.75, 3.05) is 5.32 Å². The second kappa shape index (κ2) is 4.35. The van der Waals surface area contributed by atoms with E-state index in [9.17, 15) is 8.78 Å². The molecule has 84 valence electrons. The Morgan fingerprint density at radius 3 is 2.75 bits per heavy atom. The van der Waals surface area contributed by atoms with Gasteiger partial charge in [-0.3, -0.25) is 0 Å². The molecule has 16 heavy (non-hydrogen) atoms. The van der Waals surface area contributed by atoms with E-state index < -0.39 is 11.6 Å². The second-order valence-corrected chi connectivity index (χ2v) is 3.57. The van der Waals surface area contributed by atoms with Crippen LogP contribution in [0, 0.1) is 18.6 Å². The van der Waals surface area contributed by atoms with Gasteiger partial charge in [0.05, 0.1) is 18.2 Å². The Morgan fingerprint density at radius 2 is 2.06 bits per heavy atom. The first-order chi connectivity index (χ1) is 7.66. The van der Waals surface area contributed by atoms with E-state index in [2.05, 4.69) is 5.32 Å². The van der Waals surface area contributed by atoms with Crippen molar-refractivity contribution in [3.63, 3.8) is 0 Å². The molecule has 0 aliphatic rings. The van der Waals surface area contributed by atoms with Crippen LogP contribution in [0.15, 0.2) is 35.1 Å². The highest BCUT2D eigenvalue weighted by Gasteiger charge is 2.06. The monoisotopic (exact) mass is 223 g/mol. The fourth-order valence-electron chi connectivity index (χ4n) is 1.37. The number of hydrogen-bond donors (Lipinski definition) is 1. The van der Waals surface area contributed by atoms with E-state index in [0.717, 1.165) is 11.6 Å². The Kier molecular flexibility index (Phi) is 2.90. The molecule has 2 aromatic rings. The standard InChI is InChI=1S/C12H11F2NO/c1-8-4-11(14)12(5-10(8)13)15-6-9-2-3-16-7-9/h2-5,7,15H,6H2,1H3. The SMILES string of the molecule is Cc1cc(F)c(NCc2ccoc2)cc1F. The van der Waals surface area contributed by atoms with Crippen molar-refractivity contribution in [2.24, 2.45) is 0 Å². The molecule has 2 rings (SSSR count). The Morgan fingerprint density at radius 1 is 1.25 bits per heavy atom. The van der Waals surface area contributed by atoms with Gasteiger partial charge in [-0.2, -0.15) is 0 Å². The molecule has 1 aromatic heterocycles. The van der Waals surface area contributed by atoms with Gasteiger partial charge in [0.15, 0.2) is 0 Å². The molecule has 0 aliphatic carbocycles. The minimum atomic E-state index is -0.456. The second-order valence-electron chi connectivity index (χ2n) is 3.57. The number of halogens is 2. The lowest BCUT2D eigenvalue weighted by molar-refractivity contribution is 0.564. The maximum absolute atomic E-state index is 13.4. The van der Waals surface area contributed by atoms with Crippen LogP contribution in [0.5, 0.6) is 0 Å². The van der Waals surface area contributed by atoms with Gasteiger partial charge in [-0.1, -0.05) is 0 Å². The molecule has 0 unspecified atom stereocenters. The third-order valence-electron chi connectivity index (χ3n) is 2.31. The first-order valence-electron chi connectivity index (χ1n) is 4.87. The van der Waals surface area contributed by atoms with Gasteiger partial charge in [0.2, 0.25) is 0 Å². The minimum absolute atomic E-state index is 0.157. The number of benzene rings is 1. The molecule has 0 saturated heterocycles. The lowest BCUT2D eigenvalue weighted by atomic mass is 10.2. The van der Waals surface area contributed by atoms with Crippen LogP contribution >= 0.6 is 0 Å². The Labute approximate surface area is 91.9 Å². The zero-order valence-corrected chi connectivity index (χ0v) is 8.76. The Hall–Kier alpha value is -1.84. The summed E-state index contributed by atoms with van der Waals surface area (Å²) in [5.41, 5.74) is 1.33. The molecule has 0 spiro atoms. The summed E-state index contributed by atoms with van der Waals surface area (Å²) in [5, 5.41) is 2.81. The van der Waals surface area contributed by atoms with E-state index in [1.807, 2.05) is 0 Å². The van der Waals surface area contributed by atoms with Crippen molar-refractivity contribution in [3.8, 4) is 0 Å². The van der Waals surface area contributed by atoms with Gasteiger partial charge >= 0.3 is 0 Å². The number of nitrogens with one attached hydrogen (secondary N) is 1. The average Bonchev–Trinajstić information content (AvgIpc) is 2.74. The van der Waals surface area contributed by atoms with Crippen LogP contribution in [0.4, 0.5) is 14.5 Å². The molecule has 0 radical (unpaired) electrons. The maximum Gasteiger partial charge on any atom is 0.146 e. The van der Waals surface area contributed by atoms with Gasteiger partial charge in [-0.05, 0) is 24.6 Å².